The van der Waals surface area contributed by atoms with Crippen molar-refractivity contribution in [1.82, 2.24) is 10.6 Å². The predicted octanol–water partition coefficient (Wildman–Crippen LogP) is -0.322. The average Bonchev–Trinajstić information content (AvgIpc) is 2.13. The molecule has 0 radical (unpaired) electrons. The van der Waals surface area contributed by atoms with Crippen LogP contribution in [-0.2, 0) is 14.6 Å². The third-order valence-corrected chi connectivity index (χ3v) is 4.32. The van der Waals surface area contributed by atoms with Crippen molar-refractivity contribution in [3.8, 4) is 0 Å². The van der Waals surface area contributed by atoms with Crippen LogP contribution in [-0.4, -0.2) is 44.5 Å². The molecule has 5 nitrogen and oxygen atoms in total. The number of hydrogen-bond donors (Lipinski definition) is 2. The van der Waals surface area contributed by atoms with Crippen LogP contribution >= 0.6 is 0 Å². The zero-order chi connectivity index (χ0) is 12.2. The molecule has 0 aromatic carbocycles. The summed E-state index contributed by atoms with van der Waals surface area (Å²) in [6.07, 6.45) is 1.40. The molecule has 0 aliphatic carbocycles. The Labute approximate surface area is 96.9 Å². The van der Waals surface area contributed by atoms with Gasteiger partial charge in [-0.2, -0.15) is 0 Å². The highest BCUT2D eigenvalue weighted by atomic mass is 32.2. The molecule has 0 spiro atoms. The minimum absolute atomic E-state index is 0.0837. The molecule has 1 aliphatic heterocycles. The van der Waals surface area contributed by atoms with Crippen LogP contribution in [0.15, 0.2) is 0 Å². The van der Waals surface area contributed by atoms with Gasteiger partial charge < -0.3 is 10.6 Å². The fourth-order valence-corrected chi connectivity index (χ4v) is 3.35. The molecule has 2 N–H and O–H groups in total. The van der Waals surface area contributed by atoms with Crippen molar-refractivity contribution in [2.45, 2.75) is 38.8 Å². The van der Waals surface area contributed by atoms with E-state index in [9.17, 15) is 13.2 Å². The van der Waals surface area contributed by atoms with Gasteiger partial charge >= 0.3 is 0 Å². The third-order valence-electron chi connectivity index (χ3n) is 2.50. The molecule has 94 valence electrons. The highest BCUT2D eigenvalue weighted by molar-refractivity contribution is 7.91. The molecule has 1 saturated heterocycles. The quantitative estimate of drug-likeness (QED) is 0.715. The maximum absolute atomic E-state index is 11.5. The zero-order valence-electron chi connectivity index (χ0n) is 9.82. The molecule has 0 aromatic heterocycles. The van der Waals surface area contributed by atoms with Crippen molar-refractivity contribution >= 4 is 15.7 Å². The molecule has 1 unspecified atom stereocenters. The van der Waals surface area contributed by atoms with E-state index in [0.29, 0.717) is 6.42 Å². The number of amides is 1. The Hall–Kier alpha value is -0.620. The standard InChI is InChI=1S/C10H20N2O3S/c1-8(2)11-6-10(13)12-9-4-3-5-16(14,15)7-9/h8-9,11H,3-7H2,1-2H3,(H,12,13). The van der Waals surface area contributed by atoms with Gasteiger partial charge in [0.2, 0.25) is 5.91 Å². The molecule has 1 rings (SSSR count). The Balaban J connectivity index is 2.34. The zero-order valence-corrected chi connectivity index (χ0v) is 10.6. The second-order valence-electron chi connectivity index (χ2n) is 4.56. The highest BCUT2D eigenvalue weighted by Crippen LogP contribution is 2.11. The maximum Gasteiger partial charge on any atom is 0.234 e. The summed E-state index contributed by atoms with van der Waals surface area (Å²) < 4.78 is 22.7. The molecule has 6 heteroatoms. The highest BCUT2D eigenvalue weighted by Gasteiger charge is 2.25. The number of hydrogen-bond acceptors (Lipinski definition) is 4. The number of rotatable bonds is 4. The summed E-state index contributed by atoms with van der Waals surface area (Å²) in [5, 5.41) is 5.74. The number of sulfone groups is 1. The van der Waals surface area contributed by atoms with E-state index in [1.54, 1.807) is 0 Å². The Morgan fingerprint density at radius 3 is 2.69 bits per heavy atom. The van der Waals surface area contributed by atoms with Crippen molar-refractivity contribution in [1.29, 1.82) is 0 Å². The van der Waals surface area contributed by atoms with E-state index in [1.165, 1.54) is 0 Å². The van der Waals surface area contributed by atoms with Crippen LogP contribution in [0.1, 0.15) is 26.7 Å². The van der Waals surface area contributed by atoms with Gasteiger partial charge in [0, 0.05) is 12.1 Å². The smallest absolute Gasteiger partial charge is 0.234 e. The largest absolute Gasteiger partial charge is 0.351 e. The van der Waals surface area contributed by atoms with E-state index < -0.39 is 9.84 Å². The monoisotopic (exact) mass is 248 g/mol. The summed E-state index contributed by atoms with van der Waals surface area (Å²) in [5.41, 5.74) is 0. The Morgan fingerprint density at radius 1 is 1.44 bits per heavy atom. The molecule has 1 amide bonds. The topological polar surface area (TPSA) is 75.3 Å². The molecule has 1 heterocycles. The summed E-state index contributed by atoms with van der Waals surface area (Å²) in [6, 6.07) is 0.0426. The van der Waals surface area contributed by atoms with Crippen LogP contribution in [0, 0.1) is 0 Å². The maximum atomic E-state index is 11.5. The molecule has 0 aromatic rings. The first-order valence-electron chi connectivity index (χ1n) is 5.62. The van der Waals surface area contributed by atoms with Gasteiger partial charge in [-0.05, 0) is 12.8 Å². The normalized spacial score (nSPS) is 24.3. The van der Waals surface area contributed by atoms with Gasteiger partial charge in [0.1, 0.15) is 0 Å². The van der Waals surface area contributed by atoms with Crippen LogP contribution in [0.3, 0.4) is 0 Å². The van der Waals surface area contributed by atoms with Gasteiger partial charge in [-0.3, -0.25) is 4.79 Å². The van der Waals surface area contributed by atoms with Gasteiger partial charge in [-0.25, -0.2) is 8.42 Å². The number of carbonyl (C=O) groups is 1. The van der Waals surface area contributed by atoms with Crippen molar-refractivity contribution in [2.75, 3.05) is 18.1 Å². The van der Waals surface area contributed by atoms with Gasteiger partial charge in [0.05, 0.1) is 18.1 Å². The van der Waals surface area contributed by atoms with E-state index in [0.717, 1.165) is 6.42 Å². The summed E-state index contributed by atoms with van der Waals surface area (Å²) in [7, 11) is -2.94. The Bertz CT molecular complexity index is 338. The van der Waals surface area contributed by atoms with Crippen LogP contribution in [0.2, 0.25) is 0 Å². The number of carbonyl (C=O) groups excluding carboxylic acids is 1. The van der Waals surface area contributed by atoms with Gasteiger partial charge in [0.25, 0.3) is 0 Å². The molecular formula is C10H20N2O3S. The molecular weight excluding hydrogens is 228 g/mol. The lowest BCUT2D eigenvalue weighted by Crippen LogP contribution is -2.46. The second-order valence-corrected chi connectivity index (χ2v) is 6.79. The van der Waals surface area contributed by atoms with Crippen LogP contribution in [0.5, 0.6) is 0 Å². The third kappa shape index (κ3) is 4.94. The Kier molecular flexibility index (Phi) is 4.73. The SMILES string of the molecule is CC(C)NCC(=O)NC1CCCS(=O)(=O)C1. The molecule has 0 saturated carbocycles. The van der Waals surface area contributed by atoms with Crippen molar-refractivity contribution < 1.29 is 13.2 Å². The van der Waals surface area contributed by atoms with E-state index in [1.807, 2.05) is 13.8 Å². The van der Waals surface area contributed by atoms with Crippen LogP contribution in [0.4, 0.5) is 0 Å². The second kappa shape index (κ2) is 5.63. The van der Waals surface area contributed by atoms with E-state index in [4.69, 9.17) is 0 Å². The van der Waals surface area contributed by atoms with Crippen LogP contribution < -0.4 is 10.6 Å². The fourth-order valence-electron chi connectivity index (χ4n) is 1.71. The summed E-state index contributed by atoms with van der Waals surface area (Å²) in [4.78, 5) is 11.5. The van der Waals surface area contributed by atoms with Crippen molar-refractivity contribution in [3.05, 3.63) is 0 Å². The predicted molar refractivity (Wildman–Crippen MR) is 63.0 cm³/mol. The van der Waals surface area contributed by atoms with E-state index in [2.05, 4.69) is 10.6 Å². The lowest BCUT2D eigenvalue weighted by atomic mass is 10.2. The lowest BCUT2D eigenvalue weighted by Gasteiger charge is -2.23. The lowest BCUT2D eigenvalue weighted by molar-refractivity contribution is -0.120. The summed E-state index contributed by atoms with van der Waals surface area (Å²) in [5.74, 6) is 0.208. The van der Waals surface area contributed by atoms with Crippen molar-refractivity contribution in [3.63, 3.8) is 0 Å². The van der Waals surface area contributed by atoms with Gasteiger partial charge in [-0.1, -0.05) is 13.8 Å². The van der Waals surface area contributed by atoms with E-state index in [-0.39, 0.29) is 36.0 Å². The molecule has 1 fully saturated rings. The average molecular weight is 248 g/mol. The first-order chi connectivity index (χ1) is 7.39. The minimum Gasteiger partial charge on any atom is -0.351 e. The van der Waals surface area contributed by atoms with Gasteiger partial charge in [0.15, 0.2) is 9.84 Å². The minimum atomic E-state index is -2.94. The van der Waals surface area contributed by atoms with Crippen LogP contribution in [0.25, 0.3) is 0 Å². The summed E-state index contributed by atoms with van der Waals surface area (Å²) >= 11 is 0. The fraction of sp³-hybridized carbons (Fsp3) is 0.900. The number of nitrogens with one attached hydrogen (secondary N) is 2. The Morgan fingerprint density at radius 2 is 2.12 bits per heavy atom. The summed E-state index contributed by atoms with van der Waals surface area (Å²) in [6.45, 7) is 4.16. The first-order valence-corrected chi connectivity index (χ1v) is 7.44. The molecule has 1 aliphatic rings. The molecule has 0 bridgehead atoms. The van der Waals surface area contributed by atoms with Gasteiger partial charge in [-0.15, -0.1) is 0 Å². The molecule has 16 heavy (non-hydrogen) atoms. The first kappa shape index (κ1) is 13.4. The van der Waals surface area contributed by atoms with Crippen molar-refractivity contribution in [2.24, 2.45) is 0 Å². The molecule has 1 atom stereocenters. The van der Waals surface area contributed by atoms with E-state index >= 15 is 0 Å².